The van der Waals surface area contributed by atoms with E-state index >= 15 is 0 Å². The fraction of sp³-hybridized carbons (Fsp3) is 0.355. The van der Waals surface area contributed by atoms with Crippen LogP contribution in [0.2, 0.25) is 0 Å². The predicted octanol–water partition coefficient (Wildman–Crippen LogP) is 4.24. The number of ether oxygens (including phenoxy) is 3. The van der Waals surface area contributed by atoms with Crippen LogP contribution in [-0.2, 0) is 26.2 Å². The number of sulfonamides is 1. The van der Waals surface area contributed by atoms with Gasteiger partial charge in [-0.2, -0.15) is 0 Å². The SMILES string of the molecule is CC[C@@H](C(=O)NC(C)C)N(Cc1cccc(OC)c1)C(=O)CN(c1ccc(OC)c(OC)c1)S(=O)(=O)c1ccccc1. The van der Waals surface area contributed by atoms with Crippen LogP contribution in [-0.4, -0.2) is 65.1 Å². The van der Waals surface area contributed by atoms with Crippen molar-refractivity contribution in [2.75, 3.05) is 32.2 Å². The minimum atomic E-state index is -4.21. The Morgan fingerprint density at radius 1 is 0.857 bits per heavy atom. The summed E-state index contributed by atoms with van der Waals surface area (Å²) in [6.45, 7) is 4.98. The van der Waals surface area contributed by atoms with Crippen LogP contribution in [0.5, 0.6) is 17.2 Å². The average Bonchev–Trinajstić information content (AvgIpc) is 2.99. The third kappa shape index (κ3) is 7.73. The molecule has 0 aliphatic carbocycles. The number of nitrogens with zero attached hydrogens (tertiary/aromatic N) is 2. The van der Waals surface area contributed by atoms with E-state index in [9.17, 15) is 18.0 Å². The third-order valence-corrected chi connectivity index (χ3v) is 8.36. The zero-order valence-electron chi connectivity index (χ0n) is 24.9. The zero-order valence-corrected chi connectivity index (χ0v) is 25.7. The Kier molecular flexibility index (Phi) is 11.2. The van der Waals surface area contributed by atoms with Gasteiger partial charge in [0.2, 0.25) is 11.8 Å². The summed E-state index contributed by atoms with van der Waals surface area (Å²) in [4.78, 5) is 28.9. The molecule has 0 aliphatic rings. The van der Waals surface area contributed by atoms with Crippen molar-refractivity contribution in [2.24, 2.45) is 0 Å². The molecule has 11 heteroatoms. The highest BCUT2D eigenvalue weighted by Gasteiger charge is 2.34. The van der Waals surface area contributed by atoms with Crippen LogP contribution in [0.4, 0.5) is 5.69 Å². The second-order valence-corrected chi connectivity index (χ2v) is 11.7. The van der Waals surface area contributed by atoms with E-state index in [1.165, 1.54) is 37.3 Å². The molecule has 0 heterocycles. The summed E-state index contributed by atoms with van der Waals surface area (Å²) in [5.74, 6) is 0.413. The van der Waals surface area contributed by atoms with E-state index in [1.54, 1.807) is 55.6 Å². The van der Waals surface area contributed by atoms with Gasteiger partial charge in [0.05, 0.1) is 31.9 Å². The lowest BCUT2D eigenvalue weighted by Crippen LogP contribution is -2.53. The number of amides is 2. The van der Waals surface area contributed by atoms with Crippen molar-refractivity contribution in [2.45, 2.75) is 50.7 Å². The molecule has 3 rings (SSSR count). The molecule has 42 heavy (non-hydrogen) atoms. The standard InChI is InChI=1S/C31H39N3O7S/c1-7-27(31(36)32-22(2)3)33(20-23-12-11-13-25(18-23)39-4)30(35)21-34(42(37,38)26-14-9-8-10-15-26)24-16-17-28(40-5)29(19-24)41-6/h8-19,22,27H,7,20-21H2,1-6H3,(H,32,36)/t27-/m0/s1. The maximum Gasteiger partial charge on any atom is 0.264 e. The highest BCUT2D eigenvalue weighted by atomic mass is 32.2. The van der Waals surface area contributed by atoms with Gasteiger partial charge < -0.3 is 24.4 Å². The van der Waals surface area contributed by atoms with E-state index < -0.39 is 28.5 Å². The number of benzene rings is 3. The Bertz CT molecular complexity index is 1460. The molecule has 3 aromatic carbocycles. The maximum absolute atomic E-state index is 14.2. The van der Waals surface area contributed by atoms with Crippen molar-refractivity contribution in [1.82, 2.24) is 10.2 Å². The van der Waals surface area contributed by atoms with E-state index in [0.29, 0.717) is 23.7 Å². The number of methoxy groups -OCH3 is 3. The second kappa shape index (κ2) is 14.6. The first-order chi connectivity index (χ1) is 20.0. The first-order valence-corrected chi connectivity index (χ1v) is 15.0. The van der Waals surface area contributed by atoms with Crippen LogP contribution in [0.15, 0.2) is 77.7 Å². The van der Waals surface area contributed by atoms with E-state index in [0.717, 1.165) is 9.87 Å². The van der Waals surface area contributed by atoms with Crippen LogP contribution >= 0.6 is 0 Å². The van der Waals surface area contributed by atoms with Gasteiger partial charge >= 0.3 is 0 Å². The van der Waals surface area contributed by atoms with Gasteiger partial charge in [0, 0.05) is 18.7 Å². The summed E-state index contributed by atoms with van der Waals surface area (Å²) in [7, 11) is 0.248. The number of rotatable bonds is 14. The molecule has 0 saturated heterocycles. The summed E-state index contributed by atoms with van der Waals surface area (Å²) in [6, 6.07) is 18.7. The molecule has 3 aromatic rings. The van der Waals surface area contributed by atoms with E-state index in [2.05, 4.69) is 5.32 Å². The lowest BCUT2D eigenvalue weighted by molar-refractivity contribution is -0.140. The quantitative estimate of drug-likeness (QED) is 0.296. The predicted molar refractivity (Wildman–Crippen MR) is 161 cm³/mol. The fourth-order valence-electron chi connectivity index (χ4n) is 4.50. The Labute approximate surface area is 248 Å². The van der Waals surface area contributed by atoms with Gasteiger partial charge in [-0.15, -0.1) is 0 Å². The number of hydrogen-bond donors (Lipinski definition) is 1. The van der Waals surface area contributed by atoms with Gasteiger partial charge in [0.25, 0.3) is 10.0 Å². The number of carbonyl (C=O) groups excluding carboxylic acids is 2. The van der Waals surface area contributed by atoms with Crippen molar-refractivity contribution in [3.05, 3.63) is 78.4 Å². The van der Waals surface area contributed by atoms with Crippen LogP contribution in [0, 0.1) is 0 Å². The lowest BCUT2D eigenvalue weighted by atomic mass is 10.1. The summed E-state index contributed by atoms with van der Waals surface area (Å²) in [5, 5.41) is 2.89. The molecule has 1 atom stereocenters. The number of anilines is 1. The van der Waals surface area contributed by atoms with Crippen molar-refractivity contribution in [3.8, 4) is 17.2 Å². The second-order valence-electron chi connectivity index (χ2n) is 9.82. The molecule has 0 spiro atoms. The first kappa shape index (κ1) is 32.3. The number of nitrogens with one attached hydrogen (secondary N) is 1. The van der Waals surface area contributed by atoms with Crippen molar-refractivity contribution in [1.29, 1.82) is 0 Å². The van der Waals surface area contributed by atoms with Crippen molar-refractivity contribution in [3.63, 3.8) is 0 Å². The molecule has 0 bridgehead atoms. The first-order valence-electron chi connectivity index (χ1n) is 13.6. The summed E-state index contributed by atoms with van der Waals surface area (Å²) in [6.07, 6.45) is 0.316. The Balaban J connectivity index is 2.11. The topological polar surface area (TPSA) is 114 Å². The molecule has 0 radical (unpaired) electrons. The minimum Gasteiger partial charge on any atom is -0.497 e. The van der Waals surface area contributed by atoms with Gasteiger partial charge in [-0.05, 0) is 62.2 Å². The summed E-state index contributed by atoms with van der Waals surface area (Å²) >= 11 is 0. The van der Waals surface area contributed by atoms with Gasteiger partial charge in [-0.3, -0.25) is 13.9 Å². The number of hydrogen-bond acceptors (Lipinski definition) is 7. The Morgan fingerprint density at radius 2 is 1.55 bits per heavy atom. The van der Waals surface area contributed by atoms with Gasteiger partial charge in [0.15, 0.2) is 11.5 Å². The van der Waals surface area contributed by atoms with Gasteiger partial charge in [0.1, 0.15) is 18.3 Å². The molecule has 0 fully saturated rings. The van der Waals surface area contributed by atoms with Crippen molar-refractivity contribution < 1.29 is 32.2 Å². The molecule has 0 aliphatic heterocycles. The summed E-state index contributed by atoms with van der Waals surface area (Å²) < 4.78 is 45.1. The molecule has 2 amide bonds. The van der Waals surface area contributed by atoms with Crippen LogP contribution in [0.3, 0.4) is 0 Å². The lowest BCUT2D eigenvalue weighted by Gasteiger charge is -2.33. The smallest absolute Gasteiger partial charge is 0.264 e. The highest BCUT2D eigenvalue weighted by Crippen LogP contribution is 2.34. The van der Waals surface area contributed by atoms with E-state index in [1.807, 2.05) is 26.8 Å². The van der Waals surface area contributed by atoms with E-state index in [-0.39, 0.29) is 29.1 Å². The van der Waals surface area contributed by atoms with Crippen LogP contribution in [0.25, 0.3) is 0 Å². The summed E-state index contributed by atoms with van der Waals surface area (Å²) in [5.41, 5.74) is 0.924. The highest BCUT2D eigenvalue weighted by molar-refractivity contribution is 7.92. The van der Waals surface area contributed by atoms with Crippen LogP contribution in [0.1, 0.15) is 32.8 Å². The normalized spacial score (nSPS) is 11.9. The Hall–Kier alpha value is -4.25. The maximum atomic E-state index is 14.2. The molecule has 226 valence electrons. The van der Waals surface area contributed by atoms with E-state index in [4.69, 9.17) is 14.2 Å². The minimum absolute atomic E-state index is 0.0107. The largest absolute Gasteiger partial charge is 0.497 e. The van der Waals surface area contributed by atoms with Gasteiger partial charge in [-0.25, -0.2) is 8.42 Å². The third-order valence-electron chi connectivity index (χ3n) is 6.57. The van der Waals surface area contributed by atoms with Gasteiger partial charge in [-0.1, -0.05) is 37.3 Å². The van der Waals surface area contributed by atoms with Crippen LogP contribution < -0.4 is 23.8 Å². The fourth-order valence-corrected chi connectivity index (χ4v) is 5.92. The molecule has 10 nitrogen and oxygen atoms in total. The molecule has 0 saturated carbocycles. The molecular formula is C31H39N3O7S. The zero-order chi connectivity index (χ0) is 30.9. The number of carbonyl (C=O) groups is 2. The monoisotopic (exact) mass is 597 g/mol. The van der Waals surface area contributed by atoms with Crippen molar-refractivity contribution >= 4 is 27.5 Å². The molecular weight excluding hydrogens is 558 g/mol. The molecule has 0 aromatic heterocycles. The molecule has 0 unspecified atom stereocenters. The average molecular weight is 598 g/mol. The Morgan fingerprint density at radius 3 is 2.14 bits per heavy atom. The molecule has 1 N–H and O–H groups in total.